The van der Waals surface area contributed by atoms with Gasteiger partial charge < -0.3 is 31.4 Å². The van der Waals surface area contributed by atoms with Crippen LogP contribution in [0.2, 0.25) is 0 Å². The maximum Gasteiger partial charge on any atom is 0.231 e. The lowest BCUT2D eigenvalue weighted by molar-refractivity contribution is -0.681. The number of hydrogen-bond acceptors (Lipinski definition) is 4. The summed E-state index contributed by atoms with van der Waals surface area (Å²) in [6, 6.07) is 8.36. The van der Waals surface area contributed by atoms with E-state index in [9.17, 15) is 0 Å². The van der Waals surface area contributed by atoms with Crippen molar-refractivity contribution in [1.29, 1.82) is 0 Å². The number of ether oxygens (including phenoxy) is 4. The summed E-state index contributed by atoms with van der Waals surface area (Å²) in [4.78, 5) is 0. The zero-order chi connectivity index (χ0) is 17.8. The van der Waals surface area contributed by atoms with E-state index in [0.29, 0.717) is 6.79 Å². The number of aryl methyl sites for hydroxylation is 1. The molecule has 0 bridgehead atoms. The molecule has 2 aliphatic rings. The van der Waals surface area contributed by atoms with Gasteiger partial charge in [-0.25, -0.2) is 0 Å². The number of methoxy groups -OCH3 is 2. The zero-order valence-electron chi connectivity index (χ0n) is 15.5. The fourth-order valence-electron chi connectivity index (χ4n) is 4.08. The van der Waals surface area contributed by atoms with Crippen molar-refractivity contribution in [3.05, 3.63) is 41.6 Å². The predicted molar refractivity (Wildman–Crippen MR) is 97.3 cm³/mol. The lowest BCUT2D eigenvalue weighted by Gasteiger charge is -2.11. The Kier molecular flexibility index (Phi) is 4.27. The molecule has 0 saturated carbocycles. The minimum atomic E-state index is 0. The summed E-state index contributed by atoms with van der Waals surface area (Å²) in [7, 11) is 3.34. The third-order valence-corrected chi connectivity index (χ3v) is 5.31. The Morgan fingerprint density at radius 2 is 1.70 bits per heavy atom. The van der Waals surface area contributed by atoms with Gasteiger partial charge >= 0.3 is 0 Å². The molecule has 5 nitrogen and oxygen atoms in total. The number of nitrogens with zero attached hydrogens (tertiary/aromatic N) is 1. The van der Waals surface area contributed by atoms with Gasteiger partial charge in [0, 0.05) is 22.8 Å². The molecule has 0 atom stereocenters. The number of halogens is 1. The second kappa shape index (κ2) is 6.50. The number of fused-ring (bicyclic) bond motifs is 6. The number of benzene rings is 2. The van der Waals surface area contributed by atoms with Crippen LogP contribution in [0.5, 0.6) is 23.0 Å². The van der Waals surface area contributed by atoms with Crippen LogP contribution in [0.15, 0.2) is 30.5 Å². The Labute approximate surface area is 163 Å². The number of hydrogen-bond donors (Lipinski definition) is 0. The lowest BCUT2D eigenvalue weighted by Crippen LogP contribution is -3.00. The molecular weight excluding hydrogens is 366 g/mol. The van der Waals surface area contributed by atoms with E-state index in [1.807, 2.05) is 0 Å². The number of rotatable bonds is 3. The van der Waals surface area contributed by atoms with E-state index in [-0.39, 0.29) is 12.4 Å². The largest absolute Gasteiger partial charge is 1.00 e. The van der Waals surface area contributed by atoms with Crippen LogP contribution in [0.3, 0.4) is 0 Å². The van der Waals surface area contributed by atoms with Crippen LogP contribution in [0.1, 0.15) is 18.1 Å². The molecule has 0 amide bonds. The summed E-state index contributed by atoms with van der Waals surface area (Å²) < 4.78 is 24.5. The molecule has 6 heteroatoms. The lowest BCUT2D eigenvalue weighted by atomic mass is 10.0. The molecule has 0 spiro atoms. The highest BCUT2D eigenvalue weighted by molar-refractivity contribution is 5.94. The minimum Gasteiger partial charge on any atom is -1.00 e. The topological polar surface area (TPSA) is 40.8 Å². The van der Waals surface area contributed by atoms with Crippen molar-refractivity contribution in [2.45, 2.75) is 19.9 Å². The zero-order valence-corrected chi connectivity index (χ0v) is 16.2. The Hall–Kier alpha value is -2.66. The maximum atomic E-state index is 5.60. The van der Waals surface area contributed by atoms with Crippen LogP contribution >= 0.6 is 0 Å². The molecule has 1 aliphatic carbocycles. The van der Waals surface area contributed by atoms with E-state index in [1.54, 1.807) is 14.2 Å². The smallest absolute Gasteiger partial charge is 0.231 e. The van der Waals surface area contributed by atoms with E-state index in [0.717, 1.165) is 41.3 Å². The number of aromatic nitrogens is 1. The van der Waals surface area contributed by atoms with Crippen LogP contribution in [0.25, 0.3) is 22.0 Å². The van der Waals surface area contributed by atoms with Gasteiger partial charge in [0.2, 0.25) is 12.5 Å². The van der Waals surface area contributed by atoms with Gasteiger partial charge in [0.05, 0.1) is 19.8 Å². The fraction of sp³-hybridized carbons (Fsp3) is 0.286. The molecule has 2 heterocycles. The summed E-state index contributed by atoms with van der Waals surface area (Å²) in [5.41, 5.74) is 5.06. The van der Waals surface area contributed by atoms with Crippen molar-refractivity contribution in [3.63, 3.8) is 0 Å². The molecule has 27 heavy (non-hydrogen) atoms. The molecule has 0 unspecified atom stereocenters. The highest BCUT2D eigenvalue weighted by Crippen LogP contribution is 2.46. The fourth-order valence-corrected chi connectivity index (χ4v) is 4.08. The molecule has 140 valence electrons. The third-order valence-electron chi connectivity index (χ3n) is 5.31. The average molecular weight is 386 g/mol. The molecule has 0 N–H and O–H groups in total. The first-order chi connectivity index (χ1) is 12.7. The summed E-state index contributed by atoms with van der Waals surface area (Å²) in [6.45, 7) is 3.35. The highest BCUT2D eigenvalue weighted by atomic mass is 35.5. The van der Waals surface area contributed by atoms with Crippen molar-refractivity contribution >= 4 is 10.8 Å². The van der Waals surface area contributed by atoms with Crippen LogP contribution < -0.4 is 35.9 Å². The van der Waals surface area contributed by atoms with Gasteiger partial charge in [0.15, 0.2) is 29.2 Å². The Morgan fingerprint density at radius 3 is 2.41 bits per heavy atom. The van der Waals surface area contributed by atoms with Crippen molar-refractivity contribution < 1.29 is 35.9 Å². The van der Waals surface area contributed by atoms with Gasteiger partial charge in [-0.05, 0) is 36.8 Å². The molecular formula is C21H20ClNO4. The molecule has 5 rings (SSSR count). The maximum absolute atomic E-state index is 5.60. The average Bonchev–Trinajstić information content (AvgIpc) is 3.28. The quantitative estimate of drug-likeness (QED) is 0.481. The van der Waals surface area contributed by atoms with Crippen LogP contribution in [0.4, 0.5) is 0 Å². The van der Waals surface area contributed by atoms with Crippen LogP contribution in [0, 0.1) is 0 Å². The molecule has 0 radical (unpaired) electrons. The molecule has 2 aromatic carbocycles. The van der Waals surface area contributed by atoms with Gasteiger partial charge in [0.1, 0.15) is 6.54 Å². The van der Waals surface area contributed by atoms with Crippen LogP contribution in [-0.2, 0) is 13.0 Å². The normalized spacial score (nSPS) is 13.1. The second-order valence-corrected chi connectivity index (χ2v) is 6.58. The molecule has 1 aromatic heterocycles. The first-order valence-electron chi connectivity index (χ1n) is 8.77. The van der Waals surface area contributed by atoms with E-state index in [4.69, 9.17) is 18.9 Å². The van der Waals surface area contributed by atoms with E-state index in [1.165, 1.54) is 27.8 Å². The van der Waals surface area contributed by atoms with Crippen molar-refractivity contribution in [2.75, 3.05) is 21.0 Å². The first-order valence-corrected chi connectivity index (χ1v) is 8.77. The number of pyridine rings is 1. The van der Waals surface area contributed by atoms with Gasteiger partial charge in [-0.1, -0.05) is 0 Å². The monoisotopic (exact) mass is 385 g/mol. The van der Waals surface area contributed by atoms with E-state index < -0.39 is 0 Å². The van der Waals surface area contributed by atoms with Gasteiger partial charge in [-0.15, -0.1) is 0 Å². The summed E-state index contributed by atoms with van der Waals surface area (Å²) >= 11 is 0. The minimum absolute atomic E-state index is 0. The SMILES string of the molecule is CC[n+]1cc2cc(OC)c(OC)cc2c2c1-c1cc3c(cc1C2)OCO3.[Cl-]. The van der Waals surface area contributed by atoms with E-state index in [2.05, 4.69) is 42.0 Å². The third kappa shape index (κ3) is 2.49. The van der Waals surface area contributed by atoms with Gasteiger partial charge in [0.25, 0.3) is 0 Å². The Balaban J connectivity index is 0.00000180. The van der Waals surface area contributed by atoms with Gasteiger partial charge in [-0.2, -0.15) is 4.57 Å². The van der Waals surface area contributed by atoms with Crippen molar-refractivity contribution in [1.82, 2.24) is 0 Å². The predicted octanol–water partition coefficient (Wildman–Crippen LogP) is 0.468. The summed E-state index contributed by atoms with van der Waals surface area (Å²) in [5.74, 6) is 3.16. The first kappa shape index (κ1) is 17.7. The Morgan fingerprint density at radius 1 is 1.00 bits per heavy atom. The summed E-state index contributed by atoms with van der Waals surface area (Å²) in [5, 5.41) is 2.34. The van der Waals surface area contributed by atoms with Crippen molar-refractivity contribution in [2.24, 2.45) is 0 Å². The van der Waals surface area contributed by atoms with Crippen molar-refractivity contribution in [3.8, 4) is 34.3 Å². The molecule has 0 fully saturated rings. The highest BCUT2D eigenvalue weighted by Gasteiger charge is 2.33. The van der Waals surface area contributed by atoms with Crippen LogP contribution in [-0.4, -0.2) is 21.0 Å². The Bertz CT molecular complexity index is 1060. The molecule has 3 aromatic rings. The van der Waals surface area contributed by atoms with E-state index >= 15 is 0 Å². The standard InChI is InChI=1S/C21H20NO4.ClH/c1-4-22-10-13-7-17(23-2)18(24-3)8-14(13)16-5-12-6-19-20(26-11-25-19)9-15(12)21(16)22;/h6-10H,4-5,11H2,1-3H3;1H/q+1;/p-1. The molecule has 1 aliphatic heterocycles. The molecule has 0 saturated heterocycles. The second-order valence-electron chi connectivity index (χ2n) is 6.58. The summed E-state index contributed by atoms with van der Waals surface area (Å²) in [6.07, 6.45) is 3.06. The van der Waals surface area contributed by atoms with Gasteiger partial charge in [-0.3, -0.25) is 0 Å².